The molecule has 1 aliphatic rings. The molecule has 1 rings (SSSR count). The minimum Gasteiger partial charge on any atom is -0.394 e. The van der Waals surface area contributed by atoms with E-state index in [1.807, 2.05) is 0 Å². The van der Waals surface area contributed by atoms with E-state index < -0.39 is 49.5 Å². The lowest BCUT2D eigenvalue weighted by Crippen LogP contribution is -2.60. The van der Waals surface area contributed by atoms with Crippen LogP contribution < -0.4 is 5.32 Å². The number of carbonyl (C=O) groups is 1. The van der Waals surface area contributed by atoms with Gasteiger partial charge in [0.25, 0.3) is 0 Å². The van der Waals surface area contributed by atoms with Gasteiger partial charge in [-0.3, -0.25) is 4.79 Å². The lowest BCUT2D eigenvalue weighted by atomic mass is 9.99. The molecule has 0 radical (unpaired) electrons. The first kappa shape index (κ1) is 68.4. The van der Waals surface area contributed by atoms with Gasteiger partial charge in [0.15, 0.2) is 6.29 Å². The van der Waals surface area contributed by atoms with Gasteiger partial charge in [0.1, 0.15) is 24.4 Å². The maximum Gasteiger partial charge on any atom is 0.220 e. The molecule has 0 saturated carbocycles. The maximum absolute atomic E-state index is 13.1. The van der Waals surface area contributed by atoms with Crippen LogP contribution in [0.3, 0.4) is 0 Å². The molecular weight excluding hydrogens is 899 g/mol. The van der Waals surface area contributed by atoms with Crippen LogP contribution in [-0.4, -0.2) is 87.5 Å². The molecule has 0 aromatic rings. The van der Waals surface area contributed by atoms with Gasteiger partial charge in [0.2, 0.25) is 5.91 Å². The fourth-order valence-corrected chi connectivity index (χ4v) is 10.1. The highest BCUT2D eigenvalue weighted by molar-refractivity contribution is 5.76. The largest absolute Gasteiger partial charge is 0.394 e. The van der Waals surface area contributed by atoms with Crippen molar-refractivity contribution in [2.45, 2.75) is 346 Å². The van der Waals surface area contributed by atoms with Gasteiger partial charge in [0.05, 0.1) is 25.4 Å². The molecule has 1 heterocycles. The molecule has 0 aromatic heterocycles. The number of allylic oxidation sites excluding steroid dienone is 6. The Morgan fingerprint density at radius 2 is 0.819 bits per heavy atom. The SMILES string of the molecule is CCCCCCC/C=C\C/C=C\C/C=C\CCCCCCCCCCCCC(=O)NC(COC1OC(CO)C(O)C(O)C1O)C(O)CCCCCCCCCCCCCCCCCCCCCCCCCC. The van der Waals surface area contributed by atoms with Gasteiger partial charge >= 0.3 is 0 Å². The quantitative estimate of drug-likeness (QED) is 0.0261. The Balaban J connectivity index is 2.18. The van der Waals surface area contributed by atoms with E-state index in [4.69, 9.17) is 9.47 Å². The van der Waals surface area contributed by atoms with Crippen molar-refractivity contribution >= 4 is 5.91 Å². The van der Waals surface area contributed by atoms with Gasteiger partial charge in [-0.15, -0.1) is 0 Å². The Hall–Kier alpha value is -1.59. The van der Waals surface area contributed by atoms with Crippen LogP contribution in [-0.2, 0) is 14.3 Å². The molecule has 6 N–H and O–H groups in total. The number of aliphatic hydroxyl groups is 5. The number of hydrogen-bond donors (Lipinski definition) is 6. The fraction of sp³-hybridized carbons (Fsp3) is 0.889. The zero-order valence-corrected chi connectivity index (χ0v) is 47.2. The summed E-state index contributed by atoms with van der Waals surface area (Å²) in [4.78, 5) is 13.1. The van der Waals surface area contributed by atoms with Crippen LogP contribution in [0.4, 0.5) is 0 Å². The van der Waals surface area contributed by atoms with Crippen LogP contribution in [0.2, 0.25) is 0 Å². The van der Waals surface area contributed by atoms with Crippen molar-refractivity contribution in [3.05, 3.63) is 36.5 Å². The molecule has 7 atom stereocenters. The molecular formula is C63H119NO8. The third-order valence-electron chi connectivity index (χ3n) is 15.0. The molecule has 1 fully saturated rings. The van der Waals surface area contributed by atoms with E-state index in [0.717, 1.165) is 51.4 Å². The molecule has 0 aromatic carbocycles. The number of hydrogen-bond acceptors (Lipinski definition) is 8. The smallest absolute Gasteiger partial charge is 0.220 e. The zero-order valence-electron chi connectivity index (χ0n) is 47.2. The summed E-state index contributed by atoms with van der Waals surface area (Å²) in [5, 5.41) is 54.8. The average molecular weight is 1020 g/mol. The zero-order chi connectivity index (χ0) is 52.2. The summed E-state index contributed by atoms with van der Waals surface area (Å²) in [7, 11) is 0. The Labute approximate surface area is 444 Å². The first-order valence-electron chi connectivity index (χ1n) is 31.2. The van der Waals surface area contributed by atoms with Crippen molar-refractivity contribution in [1.82, 2.24) is 5.32 Å². The predicted octanol–water partition coefficient (Wildman–Crippen LogP) is 15.9. The molecule has 424 valence electrons. The van der Waals surface area contributed by atoms with Crippen molar-refractivity contribution in [2.24, 2.45) is 0 Å². The number of ether oxygens (including phenoxy) is 2. The molecule has 72 heavy (non-hydrogen) atoms. The Morgan fingerprint density at radius 1 is 0.472 bits per heavy atom. The first-order valence-corrected chi connectivity index (χ1v) is 31.2. The number of aliphatic hydroxyl groups excluding tert-OH is 5. The highest BCUT2D eigenvalue weighted by atomic mass is 16.7. The van der Waals surface area contributed by atoms with E-state index >= 15 is 0 Å². The van der Waals surface area contributed by atoms with Crippen LogP contribution in [0.25, 0.3) is 0 Å². The van der Waals surface area contributed by atoms with E-state index in [1.165, 1.54) is 225 Å². The lowest BCUT2D eigenvalue weighted by molar-refractivity contribution is -0.302. The van der Waals surface area contributed by atoms with Gasteiger partial charge in [-0.1, -0.05) is 281 Å². The van der Waals surface area contributed by atoms with Gasteiger partial charge in [0, 0.05) is 6.42 Å². The summed E-state index contributed by atoms with van der Waals surface area (Å²) in [6.07, 6.45) is 61.8. The number of rotatable bonds is 54. The van der Waals surface area contributed by atoms with Gasteiger partial charge in [-0.05, 0) is 51.4 Å². The van der Waals surface area contributed by atoms with Crippen LogP contribution in [0.1, 0.15) is 303 Å². The molecule has 0 bridgehead atoms. The first-order chi connectivity index (χ1) is 35.3. The second-order valence-electron chi connectivity index (χ2n) is 21.9. The van der Waals surface area contributed by atoms with Crippen molar-refractivity contribution in [2.75, 3.05) is 13.2 Å². The second kappa shape index (κ2) is 52.8. The summed E-state index contributed by atoms with van der Waals surface area (Å²) < 4.78 is 11.3. The molecule has 1 aliphatic heterocycles. The van der Waals surface area contributed by atoms with E-state index in [9.17, 15) is 30.3 Å². The minimum atomic E-state index is -1.55. The van der Waals surface area contributed by atoms with Crippen LogP contribution >= 0.6 is 0 Å². The summed E-state index contributed by atoms with van der Waals surface area (Å²) in [5.41, 5.74) is 0. The van der Waals surface area contributed by atoms with E-state index in [2.05, 4.69) is 55.6 Å². The molecule has 9 heteroatoms. The van der Waals surface area contributed by atoms with Gasteiger partial charge < -0.3 is 40.3 Å². The number of amides is 1. The highest BCUT2D eigenvalue weighted by Gasteiger charge is 2.44. The maximum atomic E-state index is 13.1. The van der Waals surface area contributed by atoms with Crippen molar-refractivity contribution < 1.29 is 39.8 Å². The third kappa shape index (κ3) is 41.6. The van der Waals surface area contributed by atoms with Crippen LogP contribution in [0.15, 0.2) is 36.5 Å². The van der Waals surface area contributed by atoms with Crippen LogP contribution in [0.5, 0.6) is 0 Å². The third-order valence-corrected chi connectivity index (χ3v) is 15.0. The Morgan fingerprint density at radius 3 is 1.21 bits per heavy atom. The van der Waals surface area contributed by atoms with E-state index in [1.54, 1.807) is 0 Å². The Kier molecular flexibility index (Phi) is 50.2. The van der Waals surface area contributed by atoms with E-state index in [-0.39, 0.29) is 12.5 Å². The normalized spacial score (nSPS) is 19.3. The summed E-state index contributed by atoms with van der Waals surface area (Å²) in [6.45, 7) is 3.86. The topological polar surface area (TPSA) is 149 Å². The summed E-state index contributed by atoms with van der Waals surface area (Å²) in [5.74, 6) is -0.145. The average Bonchev–Trinajstić information content (AvgIpc) is 3.38. The molecule has 0 spiro atoms. The molecule has 9 nitrogen and oxygen atoms in total. The van der Waals surface area contributed by atoms with Gasteiger partial charge in [-0.25, -0.2) is 0 Å². The van der Waals surface area contributed by atoms with E-state index in [0.29, 0.717) is 12.8 Å². The molecule has 1 saturated heterocycles. The number of unbranched alkanes of at least 4 members (excludes halogenated alkanes) is 38. The lowest BCUT2D eigenvalue weighted by Gasteiger charge is -2.40. The molecule has 1 amide bonds. The van der Waals surface area contributed by atoms with Gasteiger partial charge in [-0.2, -0.15) is 0 Å². The fourth-order valence-electron chi connectivity index (χ4n) is 10.1. The summed E-state index contributed by atoms with van der Waals surface area (Å²) in [6, 6.07) is -0.723. The molecule has 0 aliphatic carbocycles. The number of nitrogens with one attached hydrogen (secondary N) is 1. The predicted molar refractivity (Wildman–Crippen MR) is 304 cm³/mol. The standard InChI is InChI=1S/C63H119NO8/c1-3-5-7-9-11-13-15-17-19-21-23-25-27-29-31-33-35-37-39-41-43-45-47-49-51-53-59(67)64-56(55-71-63-62(70)61(69)60(68)58(54-65)72-63)57(66)52-50-48-46-44-42-40-38-36-34-32-30-28-26-24-22-20-18-16-14-12-10-8-6-4-2/h15,17,21,23,27,29,56-58,60-63,65-66,68-70H,3-14,16,18-20,22,24-26,28,30-55H2,1-2H3,(H,64,67)/b17-15-,23-21-,29-27-. The van der Waals surface area contributed by atoms with Crippen molar-refractivity contribution in [3.63, 3.8) is 0 Å². The van der Waals surface area contributed by atoms with Crippen molar-refractivity contribution in [3.8, 4) is 0 Å². The minimum absolute atomic E-state index is 0.138. The Bertz CT molecular complexity index is 1230. The second-order valence-corrected chi connectivity index (χ2v) is 21.9. The van der Waals surface area contributed by atoms with Crippen molar-refractivity contribution in [1.29, 1.82) is 0 Å². The monoisotopic (exact) mass is 1020 g/mol. The van der Waals surface area contributed by atoms with Crippen LogP contribution in [0, 0.1) is 0 Å². The molecule has 7 unspecified atom stereocenters. The highest BCUT2D eigenvalue weighted by Crippen LogP contribution is 2.23. The summed E-state index contributed by atoms with van der Waals surface area (Å²) >= 11 is 0. The number of carbonyl (C=O) groups excluding carboxylic acids is 1.